The van der Waals surface area contributed by atoms with Crippen LogP contribution in [0.2, 0.25) is 0 Å². The van der Waals surface area contributed by atoms with Gasteiger partial charge in [0.1, 0.15) is 5.60 Å². The fourth-order valence-electron chi connectivity index (χ4n) is 4.76. The van der Waals surface area contributed by atoms with E-state index in [0.29, 0.717) is 25.4 Å². The van der Waals surface area contributed by atoms with E-state index in [1.54, 1.807) is 4.90 Å². The number of hydrogen-bond acceptors (Lipinski definition) is 5. The number of hydrogen-bond donors (Lipinski definition) is 0. The van der Waals surface area contributed by atoms with Crippen LogP contribution in [0.15, 0.2) is 22.8 Å². The highest BCUT2D eigenvalue weighted by molar-refractivity contribution is 9.10. The summed E-state index contributed by atoms with van der Waals surface area (Å²) in [4.78, 5) is 36.6. The van der Waals surface area contributed by atoms with Gasteiger partial charge in [-0.2, -0.15) is 0 Å². The molecule has 8 heteroatoms. The molecule has 190 valence electrons. The molecule has 3 heterocycles. The van der Waals surface area contributed by atoms with Crippen LogP contribution >= 0.6 is 15.9 Å². The molecule has 2 aliphatic heterocycles. The molecule has 2 amide bonds. The van der Waals surface area contributed by atoms with E-state index in [1.807, 2.05) is 33.0 Å². The van der Waals surface area contributed by atoms with Gasteiger partial charge in [0.25, 0.3) is 0 Å². The second-order valence-electron chi connectivity index (χ2n) is 11.8. The number of pyridine rings is 1. The molecular weight excluding hydrogens is 496 g/mol. The van der Waals surface area contributed by atoms with Crippen molar-refractivity contribution in [2.75, 3.05) is 32.7 Å². The quantitative estimate of drug-likeness (QED) is 0.545. The summed E-state index contributed by atoms with van der Waals surface area (Å²) >= 11 is 3.45. The van der Waals surface area contributed by atoms with Gasteiger partial charge in [-0.3, -0.25) is 14.7 Å². The Morgan fingerprint density at radius 1 is 1.06 bits per heavy atom. The molecule has 1 aromatic heterocycles. The van der Waals surface area contributed by atoms with Crippen LogP contribution in [0.3, 0.4) is 0 Å². The number of ether oxygens (including phenoxy) is 1. The van der Waals surface area contributed by atoms with Crippen LogP contribution in [0, 0.1) is 11.3 Å². The zero-order valence-corrected chi connectivity index (χ0v) is 23.2. The standard InChI is InChI=1S/C26H41BrN4O3/c1-25(2,3)22-18-29(17-21-8-7-20(27)16-28-21)13-14-31(22)23(32)15-19-9-11-30(12-10-19)24(33)34-26(4,5)6/h7-8,16,19,22H,9-15,17-18H2,1-6H3/t22-/m1/s1. The molecule has 2 aliphatic rings. The number of carbonyl (C=O) groups is 2. The summed E-state index contributed by atoms with van der Waals surface area (Å²) in [5.74, 6) is 0.564. The number of piperidine rings is 1. The molecule has 34 heavy (non-hydrogen) atoms. The number of likely N-dealkylation sites (tertiary alicyclic amines) is 1. The molecule has 1 aromatic rings. The third kappa shape index (κ3) is 7.67. The van der Waals surface area contributed by atoms with Crippen molar-refractivity contribution in [2.45, 2.75) is 79.0 Å². The van der Waals surface area contributed by atoms with Gasteiger partial charge < -0.3 is 14.5 Å². The van der Waals surface area contributed by atoms with E-state index in [0.717, 1.165) is 49.2 Å². The topological polar surface area (TPSA) is 66.0 Å². The van der Waals surface area contributed by atoms with Gasteiger partial charge >= 0.3 is 6.09 Å². The van der Waals surface area contributed by atoms with Crippen LogP contribution in [-0.2, 0) is 16.1 Å². The smallest absolute Gasteiger partial charge is 0.410 e. The largest absolute Gasteiger partial charge is 0.444 e. The average molecular weight is 538 g/mol. The fourth-order valence-corrected chi connectivity index (χ4v) is 5.00. The van der Waals surface area contributed by atoms with Gasteiger partial charge in [-0.25, -0.2) is 4.79 Å². The van der Waals surface area contributed by atoms with Crippen molar-refractivity contribution in [3.05, 3.63) is 28.5 Å². The maximum absolute atomic E-state index is 13.4. The van der Waals surface area contributed by atoms with Crippen molar-refractivity contribution in [3.8, 4) is 0 Å². The molecule has 0 N–H and O–H groups in total. The Morgan fingerprint density at radius 2 is 1.74 bits per heavy atom. The lowest BCUT2D eigenvalue weighted by Crippen LogP contribution is -2.59. The maximum atomic E-state index is 13.4. The van der Waals surface area contributed by atoms with Gasteiger partial charge in [0.2, 0.25) is 5.91 Å². The van der Waals surface area contributed by atoms with Crippen molar-refractivity contribution in [2.24, 2.45) is 11.3 Å². The first-order valence-corrected chi connectivity index (χ1v) is 13.2. The third-order valence-electron chi connectivity index (χ3n) is 6.69. The summed E-state index contributed by atoms with van der Waals surface area (Å²) in [5, 5.41) is 0. The van der Waals surface area contributed by atoms with E-state index in [9.17, 15) is 9.59 Å². The maximum Gasteiger partial charge on any atom is 0.410 e. The van der Waals surface area contributed by atoms with E-state index in [2.05, 4.69) is 57.6 Å². The number of halogens is 1. The monoisotopic (exact) mass is 536 g/mol. The van der Waals surface area contributed by atoms with Crippen molar-refractivity contribution in [1.82, 2.24) is 19.7 Å². The predicted molar refractivity (Wildman–Crippen MR) is 137 cm³/mol. The highest BCUT2D eigenvalue weighted by Gasteiger charge is 2.38. The SMILES string of the molecule is CC(C)(C)OC(=O)N1CCC(CC(=O)N2CCN(Cc3ccc(Br)cn3)C[C@@H]2C(C)(C)C)CC1. The summed E-state index contributed by atoms with van der Waals surface area (Å²) < 4.78 is 6.48. The fraction of sp³-hybridized carbons (Fsp3) is 0.731. The summed E-state index contributed by atoms with van der Waals surface area (Å²) in [5.41, 5.74) is 0.551. The molecular formula is C26H41BrN4O3. The first-order valence-electron chi connectivity index (χ1n) is 12.4. The minimum Gasteiger partial charge on any atom is -0.444 e. The van der Waals surface area contributed by atoms with E-state index >= 15 is 0 Å². The van der Waals surface area contributed by atoms with Crippen molar-refractivity contribution in [1.29, 1.82) is 0 Å². The molecule has 0 saturated carbocycles. The number of nitrogens with zero attached hydrogens (tertiary/aromatic N) is 4. The Morgan fingerprint density at radius 3 is 2.29 bits per heavy atom. The highest BCUT2D eigenvalue weighted by Crippen LogP contribution is 2.31. The second-order valence-corrected chi connectivity index (χ2v) is 12.7. The summed E-state index contributed by atoms with van der Waals surface area (Å²) in [6, 6.07) is 4.24. The minimum absolute atomic E-state index is 0.0123. The Labute approximate surface area is 213 Å². The Hall–Kier alpha value is -1.67. The van der Waals surface area contributed by atoms with Crippen LogP contribution in [0.5, 0.6) is 0 Å². The van der Waals surface area contributed by atoms with Crippen LogP contribution in [0.1, 0.15) is 66.5 Å². The molecule has 0 radical (unpaired) electrons. The van der Waals surface area contributed by atoms with Gasteiger partial charge in [0.15, 0.2) is 0 Å². The average Bonchev–Trinajstić information content (AvgIpc) is 2.74. The van der Waals surface area contributed by atoms with Crippen LogP contribution < -0.4 is 0 Å². The van der Waals surface area contributed by atoms with Crippen LogP contribution in [-0.4, -0.2) is 76.1 Å². The molecule has 7 nitrogen and oxygen atoms in total. The number of amides is 2. The van der Waals surface area contributed by atoms with Gasteiger partial charge in [-0.15, -0.1) is 0 Å². The van der Waals surface area contributed by atoms with Crippen LogP contribution in [0.25, 0.3) is 0 Å². The van der Waals surface area contributed by atoms with Crippen LogP contribution in [0.4, 0.5) is 4.79 Å². The molecule has 0 unspecified atom stereocenters. The Bertz CT molecular complexity index is 839. The van der Waals surface area contributed by atoms with E-state index in [1.165, 1.54) is 0 Å². The lowest BCUT2D eigenvalue weighted by atomic mass is 9.83. The van der Waals surface area contributed by atoms with Gasteiger partial charge in [-0.05, 0) is 73.0 Å². The lowest BCUT2D eigenvalue weighted by Gasteiger charge is -2.47. The molecule has 2 fully saturated rings. The van der Waals surface area contributed by atoms with E-state index < -0.39 is 5.60 Å². The van der Waals surface area contributed by atoms with Gasteiger partial charge in [0.05, 0.1) is 5.69 Å². The second kappa shape index (κ2) is 10.9. The molecule has 0 aliphatic carbocycles. The molecule has 0 aromatic carbocycles. The third-order valence-corrected chi connectivity index (χ3v) is 7.16. The Kier molecular flexibility index (Phi) is 8.66. The van der Waals surface area contributed by atoms with Crippen molar-refractivity contribution in [3.63, 3.8) is 0 Å². The molecule has 0 bridgehead atoms. The van der Waals surface area contributed by atoms with E-state index in [4.69, 9.17) is 4.74 Å². The zero-order chi connectivity index (χ0) is 25.1. The summed E-state index contributed by atoms with van der Waals surface area (Å²) in [6.45, 7) is 16.9. The number of aromatic nitrogens is 1. The summed E-state index contributed by atoms with van der Waals surface area (Å²) in [6.07, 6.45) is 3.84. The van der Waals surface area contributed by atoms with Gasteiger partial charge in [-0.1, -0.05) is 20.8 Å². The first-order chi connectivity index (χ1) is 15.8. The molecule has 2 saturated heterocycles. The number of rotatable bonds is 4. The molecule has 1 atom stereocenters. The highest BCUT2D eigenvalue weighted by atomic mass is 79.9. The van der Waals surface area contributed by atoms with E-state index in [-0.39, 0.29) is 23.5 Å². The number of piperazine rings is 1. The lowest BCUT2D eigenvalue weighted by molar-refractivity contribution is -0.141. The number of carbonyl (C=O) groups excluding carboxylic acids is 2. The van der Waals surface area contributed by atoms with Crippen molar-refractivity contribution >= 4 is 27.9 Å². The minimum atomic E-state index is -0.485. The Balaban J connectivity index is 1.54. The predicted octanol–water partition coefficient (Wildman–Crippen LogP) is 4.94. The first kappa shape index (κ1) is 26.9. The van der Waals surface area contributed by atoms with Crippen molar-refractivity contribution < 1.29 is 14.3 Å². The molecule has 3 rings (SSSR count). The molecule has 0 spiro atoms. The normalized spacial score (nSPS) is 21.0. The zero-order valence-electron chi connectivity index (χ0n) is 21.6. The summed E-state index contributed by atoms with van der Waals surface area (Å²) in [7, 11) is 0. The van der Waals surface area contributed by atoms with Gasteiger partial charge in [0, 0.05) is 62.4 Å².